The second kappa shape index (κ2) is 6.29. The highest BCUT2D eigenvalue weighted by Gasteiger charge is 2.12. The molecule has 0 amide bonds. The lowest BCUT2D eigenvalue weighted by molar-refractivity contribution is 0.625. The van der Waals surface area contributed by atoms with Crippen LogP contribution >= 0.6 is 0 Å². The summed E-state index contributed by atoms with van der Waals surface area (Å²) in [5, 5.41) is 3.69. The highest BCUT2D eigenvalue weighted by atomic mass is 19.1. The van der Waals surface area contributed by atoms with E-state index in [0.717, 1.165) is 11.0 Å². The number of hydrogen-bond donors (Lipinski definition) is 3. The van der Waals surface area contributed by atoms with Crippen LogP contribution in [0.5, 0.6) is 0 Å². The maximum atomic E-state index is 14.4. The molecule has 4 rings (SSSR count). The summed E-state index contributed by atoms with van der Waals surface area (Å²) < 4.78 is 14.4. The first-order valence-electron chi connectivity index (χ1n) is 8.57. The number of H-pyrrole nitrogens is 2. The van der Waals surface area contributed by atoms with Crippen molar-refractivity contribution in [2.45, 2.75) is 13.8 Å². The summed E-state index contributed by atoms with van der Waals surface area (Å²) in [4.78, 5) is 23.0. The molecule has 0 aliphatic carbocycles. The van der Waals surface area contributed by atoms with Crippen molar-refractivity contribution in [1.82, 2.24) is 15.0 Å². The predicted octanol–water partition coefficient (Wildman–Crippen LogP) is 4.28. The molecular formula is C20H19FN4O. The number of nitrogens with zero attached hydrogens (tertiary/aromatic N) is 1. The van der Waals surface area contributed by atoms with E-state index in [1.165, 1.54) is 6.07 Å². The molecule has 0 saturated carbocycles. The summed E-state index contributed by atoms with van der Waals surface area (Å²) in [5.74, 6) is 0.511. The lowest BCUT2D eigenvalue weighted by atomic mass is 10.1. The second-order valence-corrected chi connectivity index (χ2v) is 6.81. The number of nitrogens with one attached hydrogen (secondary N) is 3. The lowest BCUT2D eigenvalue weighted by Crippen LogP contribution is -2.12. The number of fused-ring (bicyclic) bond motifs is 2. The predicted molar refractivity (Wildman–Crippen MR) is 103 cm³/mol. The fraction of sp³-hybridized carbons (Fsp3) is 0.200. The van der Waals surface area contributed by atoms with E-state index in [9.17, 15) is 9.18 Å². The average Bonchev–Trinajstić information content (AvgIpc) is 3.03. The molecule has 2 heterocycles. The summed E-state index contributed by atoms with van der Waals surface area (Å²) in [7, 11) is 0. The highest BCUT2D eigenvalue weighted by Crippen LogP contribution is 2.25. The zero-order valence-corrected chi connectivity index (χ0v) is 14.6. The number of aromatic nitrogens is 3. The minimum absolute atomic E-state index is 0.266. The molecule has 0 atom stereocenters. The second-order valence-electron chi connectivity index (χ2n) is 6.81. The Morgan fingerprint density at radius 1 is 1.12 bits per heavy atom. The van der Waals surface area contributed by atoms with Gasteiger partial charge in [-0.3, -0.25) is 4.79 Å². The van der Waals surface area contributed by atoms with Crippen LogP contribution < -0.4 is 10.9 Å². The fourth-order valence-corrected chi connectivity index (χ4v) is 2.93. The Labute approximate surface area is 149 Å². The molecule has 26 heavy (non-hydrogen) atoms. The molecule has 2 aromatic heterocycles. The van der Waals surface area contributed by atoms with Crippen molar-refractivity contribution in [1.29, 1.82) is 0 Å². The summed E-state index contributed by atoms with van der Waals surface area (Å²) >= 11 is 0. The van der Waals surface area contributed by atoms with Crippen molar-refractivity contribution in [2.75, 3.05) is 11.9 Å². The largest absolute Gasteiger partial charge is 0.382 e. The van der Waals surface area contributed by atoms with Crippen LogP contribution in [0, 0.1) is 11.7 Å². The molecule has 0 saturated heterocycles. The number of benzene rings is 2. The molecule has 6 heteroatoms. The van der Waals surface area contributed by atoms with Crippen molar-refractivity contribution in [3.8, 4) is 11.4 Å². The maximum Gasteiger partial charge on any atom is 0.259 e. The van der Waals surface area contributed by atoms with Crippen LogP contribution in [-0.2, 0) is 0 Å². The quantitative estimate of drug-likeness (QED) is 0.514. The first-order valence-corrected chi connectivity index (χ1v) is 8.57. The Bertz CT molecular complexity index is 1130. The normalized spacial score (nSPS) is 11.5. The number of imidazole rings is 1. The minimum atomic E-state index is -0.347. The number of rotatable bonds is 4. The van der Waals surface area contributed by atoms with Gasteiger partial charge in [-0.25, -0.2) is 9.37 Å². The number of hydrogen-bond acceptors (Lipinski definition) is 3. The number of para-hydroxylation sites is 2. The van der Waals surface area contributed by atoms with Crippen LogP contribution in [-0.4, -0.2) is 21.5 Å². The van der Waals surface area contributed by atoms with E-state index in [-0.39, 0.29) is 11.4 Å². The third-order valence-corrected chi connectivity index (χ3v) is 4.28. The van der Waals surface area contributed by atoms with E-state index in [4.69, 9.17) is 0 Å². The molecule has 0 spiro atoms. The van der Waals surface area contributed by atoms with E-state index in [1.54, 1.807) is 12.1 Å². The van der Waals surface area contributed by atoms with E-state index in [1.807, 2.05) is 38.1 Å². The van der Waals surface area contributed by atoms with Gasteiger partial charge in [-0.2, -0.15) is 0 Å². The van der Waals surface area contributed by atoms with Gasteiger partial charge in [0.2, 0.25) is 0 Å². The zero-order valence-electron chi connectivity index (χ0n) is 14.6. The molecule has 4 aromatic rings. The SMILES string of the molecule is CC(C)CNc1cc2[nH]c(=O)c(-c3nc4ccccc4[nH]3)cc2cc1F. The summed E-state index contributed by atoms with van der Waals surface area (Å²) in [6.45, 7) is 4.75. The standard InChI is InChI=1S/C20H19FN4O/c1-11(2)10-22-18-9-17-12(8-14(18)21)7-13(20(26)25-17)19-23-15-5-3-4-6-16(15)24-19/h3-9,11,22H,10H2,1-2H3,(H,23,24)(H,25,26). The van der Waals surface area contributed by atoms with Gasteiger partial charge in [0.05, 0.1) is 27.8 Å². The van der Waals surface area contributed by atoms with Crippen LogP contribution in [0.1, 0.15) is 13.8 Å². The topological polar surface area (TPSA) is 73.6 Å². The molecule has 132 valence electrons. The van der Waals surface area contributed by atoms with Gasteiger partial charge in [0.15, 0.2) is 0 Å². The van der Waals surface area contributed by atoms with Crippen molar-refractivity contribution >= 4 is 27.6 Å². The van der Waals surface area contributed by atoms with E-state index in [0.29, 0.717) is 40.4 Å². The van der Waals surface area contributed by atoms with Crippen LogP contribution in [0.25, 0.3) is 33.3 Å². The average molecular weight is 350 g/mol. The maximum absolute atomic E-state index is 14.4. The molecule has 0 aliphatic rings. The number of aromatic amines is 2. The van der Waals surface area contributed by atoms with Gasteiger partial charge in [-0.05, 0) is 36.2 Å². The molecule has 0 unspecified atom stereocenters. The zero-order chi connectivity index (χ0) is 18.3. The molecule has 0 fully saturated rings. The Hall–Kier alpha value is -3.15. The first kappa shape index (κ1) is 16.3. The van der Waals surface area contributed by atoms with Crippen LogP contribution in [0.4, 0.5) is 10.1 Å². The fourth-order valence-electron chi connectivity index (χ4n) is 2.93. The van der Waals surface area contributed by atoms with E-state index < -0.39 is 0 Å². The number of pyridine rings is 1. The molecule has 0 radical (unpaired) electrons. The third kappa shape index (κ3) is 2.94. The monoisotopic (exact) mass is 350 g/mol. The number of halogens is 1. The molecule has 3 N–H and O–H groups in total. The van der Waals surface area contributed by atoms with Crippen LogP contribution in [0.2, 0.25) is 0 Å². The smallest absolute Gasteiger partial charge is 0.259 e. The Morgan fingerprint density at radius 2 is 1.92 bits per heavy atom. The highest BCUT2D eigenvalue weighted by molar-refractivity contribution is 5.87. The molecule has 0 aliphatic heterocycles. The van der Waals surface area contributed by atoms with E-state index >= 15 is 0 Å². The third-order valence-electron chi connectivity index (χ3n) is 4.28. The van der Waals surface area contributed by atoms with Crippen LogP contribution in [0.15, 0.2) is 47.3 Å². The summed E-state index contributed by atoms with van der Waals surface area (Å²) in [5.41, 5.74) is 2.72. The van der Waals surface area contributed by atoms with Gasteiger partial charge in [0.25, 0.3) is 5.56 Å². The minimum Gasteiger partial charge on any atom is -0.382 e. The Kier molecular flexibility index (Phi) is 3.95. The van der Waals surface area contributed by atoms with Crippen molar-refractivity contribution in [3.63, 3.8) is 0 Å². The van der Waals surface area contributed by atoms with Crippen LogP contribution in [0.3, 0.4) is 0 Å². The van der Waals surface area contributed by atoms with Gasteiger partial charge in [0, 0.05) is 11.9 Å². The Balaban J connectivity index is 1.81. The van der Waals surface area contributed by atoms with Gasteiger partial charge in [-0.15, -0.1) is 0 Å². The summed E-state index contributed by atoms with van der Waals surface area (Å²) in [6, 6.07) is 12.3. The lowest BCUT2D eigenvalue weighted by Gasteiger charge is -2.11. The van der Waals surface area contributed by atoms with Crippen molar-refractivity contribution in [3.05, 3.63) is 58.6 Å². The Morgan fingerprint density at radius 3 is 2.69 bits per heavy atom. The first-order chi connectivity index (χ1) is 12.5. The summed E-state index contributed by atoms with van der Waals surface area (Å²) in [6.07, 6.45) is 0. The van der Waals surface area contributed by atoms with Crippen molar-refractivity contribution in [2.24, 2.45) is 5.92 Å². The van der Waals surface area contributed by atoms with Gasteiger partial charge in [0.1, 0.15) is 11.6 Å². The molecule has 5 nitrogen and oxygen atoms in total. The van der Waals surface area contributed by atoms with Crippen molar-refractivity contribution < 1.29 is 4.39 Å². The van der Waals surface area contributed by atoms with E-state index in [2.05, 4.69) is 20.3 Å². The van der Waals surface area contributed by atoms with Gasteiger partial charge >= 0.3 is 0 Å². The molecule has 0 bridgehead atoms. The van der Waals surface area contributed by atoms with Gasteiger partial charge in [-0.1, -0.05) is 26.0 Å². The van der Waals surface area contributed by atoms with Gasteiger partial charge < -0.3 is 15.3 Å². The molecular weight excluding hydrogens is 331 g/mol. The number of anilines is 1. The molecule has 2 aromatic carbocycles.